The van der Waals surface area contributed by atoms with Crippen LogP contribution in [-0.4, -0.2) is 24.0 Å². The molecule has 0 radical (unpaired) electrons. The van der Waals surface area contributed by atoms with Crippen LogP contribution in [0.4, 0.5) is 0 Å². The van der Waals surface area contributed by atoms with Gasteiger partial charge in [0.2, 0.25) is 0 Å². The van der Waals surface area contributed by atoms with Crippen LogP contribution in [-0.2, 0) is 12.8 Å². The molecule has 0 saturated carbocycles. The van der Waals surface area contributed by atoms with Gasteiger partial charge < -0.3 is 0 Å². The first kappa shape index (κ1) is 13.1. The van der Waals surface area contributed by atoms with Crippen molar-refractivity contribution in [2.45, 2.75) is 45.6 Å². The minimum atomic E-state index is 0.647. The summed E-state index contributed by atoms with van der Waals surface area (Å²) < 4.78 is 0. The van der Waals surface area contributed by atoms with E-state index in [1.807, 2.05) is 6.07 Å². The molecule has 0 saturated heterocycles. The number of hydrogen-bond donors (Lipinski definition) is 0. The standard InChI is InChI=1S/C16H22N2/c1-3-7-18(8-4-2)16-10-14-6-5-13(12-17)9-15(14)11-16/h5-6,9,16H,3-4,7-8,10-11H2,1-2H3. The Morgan fingerprint density at radius 2 is 1.83 bits per heavy atom. The monoisotopic (exact) mass is 242 g/mol. The third-order valence-electron chi connectivity index (χ3n) is 3.78. The summed E-state index contributed by atoms with van der Waals surface area (Å²) in [6, 6.07) is 9.05. The first-order valence-electron chi connectivity index (χ1n) is 7.04. The van der Waals surface area contributed by atoms with Crippen molar-refractivity contribution in [1.82, 2.24) is 4.90 Å². The van der Waals surface area contributed by atoms with Gasteiger partial charge in [-0.1, -0.05) is 19.9 Å². The normalized spacial score (nSPS) is 17.8. The van der Waals surface area contributed by atoms with Crippen LogP contribution in [0.25, 0.3) is 0 Å². The van der Waals surface area contributed by atoms with Crippen molar-refractivity contribution in [1.29, 1.82) is 5.26 Å². The average molecular weight is 242 g/mol. The molecule has 1 aliphatic carbocycles. The van der Waals surface area contributed by atoms with Crippen LogP contribution in [0.15, 0.2) is 18.2 Å². The molecule has 1 aliphatic rings. The molecule has 0 aromatic heterocycles. The second kappa shape index (κ2) is 6.02. The van der Waals surface area contributed by atoms with Crippen LogP contribution in [0.5, 0.6) is 0 Å². The van der Waals surface area contributed by atoms with Gasteiger partial charge in [0.25, 0.3) is 0 Å². The van der Waals surface area contributed by atoms with E-state index in [4.69, 9.17) is 5.26 Å². The molecule has 0 N–H and O–H groups in total. The summed E-state index contributed by atoms with van der Waals surface area (Å²) in [4.78, 5) is 2.62. The fourth-order valence-corrected chi connectivity index (χ4v) is 2.97. The van der Waals surface area contributed by atoms with Crippen LogP contribution in [0.1, 0.15) is 43.4 Å². The predicted molar refractivity (Wildman–Crippen MR) is 74.5 cm³/mol. The maximum atomic E-state index is 8.95. The highest BCUT2D eigenvalue weighted by atomic mass is 15.1. The van der Waals surface area contributed by atoms with Crippen LogP contribution in [0.3, 0.4) is 0 Å². The number of benzene rings is 1. The third kappa shape index (κ3) is 2.73. The molecule has 0 bridgehead atoms. The molecule has 1 aromatic carbocycles. The largest absolute Gasteiger partial charge is 0.300 e. The molecule has 0 fully saturated rings. The summed E-state index contributed by atoms with van der Waals surface area (Å²) >= 11 is 0. The van der Waals surface area contributed by atoms with Gasteiger partial charge in [0.1, 0.15) is 0 Å². The Bertz CT molecular complexity index is 439. The summed E-state index contributed by atoms with van der Waals surface area (Å²) in [6.07, 6.45) is 4.71. The van der Waals surface area contributed by atoms with E-state index in [-0.39, 0.29) is 0 Å². The lowest BCUT2D eigenvalue weighted by Gasteiger charge is -2.27. The van der Waals surface area contributed by atoms with Gasteiger partial charge >= 0.3 is 0 Å². The second-order valence-corrected chi connectivity index (χ2v) is 5.19. The van der Waals surface area contributed by atoms with Crippen molar-refractivity contribution in [2.75, 3.05) is 13.1 Å². The molecule has 18 heavy (non-hydrogen) atoms. The number of fused-ring (bicyclic) bond motifs is 1. The van der Waals surface area contributed by atoms with Gasteiger partial charge in [-0.2, -0.15) is 5.26 Å². The highest BCUT2D eigenvalue weighted by Gasteiger charge is 2.25. The number of hydrogen-bond acceptors (Lipinski definition) is 2. The summed E-state index contributed by atoms with van der Waals surface area (Å²) in [5.41, 5.74) is 3.62. The summed E-state index contributed by atoms with van der Waals surface area (Å²) in [5.74, 6) is 0. The maximum Gasteiger partial charge on any atom is 0.0991 e. The summed E-state index contributed by atoms with van der Waals surface area (Å²) in [7, 11) is 0. The molecular weight excluding hydrogens is 220 g/mol. The average Bonchev–Trinajstić information content (AvgIpc) is 2.81. The number of rotatable bonds is 5. The quantitative estimate of drug-likeness (QED) is 0.793. The molecule has 1 atom stereocenters. The molecule has 1 aromatic rings. The first-order valence-corrected chi connectivity index (χ1v) is 7.04. The second-order valence-electron chi connectivity index (χ2n) is 5.19. The highest BCUT2D eigenvalue weighted by molar-refractivity contribution is 5.41. The Kier molecular flexibility index (Phi) is 4.38. The maximum absolute atomic E-state index is 8.95. The molecule has 0 spiro atoms. The van der Waals surface area contributed by atoms with E-state index in [0.29, 0.717) is 6.04 Å². The Balaban J connectivity index is 2.10. The molecule has 0 aliphatic heterocycles. The lowest BCUT2D eigenvalue weighted by atomic mass is 10.1. The van der Waals surface area contributed by atoms with E-state index >= 15 is 0 Å². The Morgan fingerprint density at radius 1 is 1.17 bits per heavy atom. The van der Waals surface area contributed by atoms with Crippen LogP contribution in [0.2, 0.25) is 0 Å². The van der Waals surface area contributed by atoms with E-state index in [1.165, 1.54) is 37.1 Å². The van der Waals surface area contributed by atoms with Gasteiger partial charge in [-0.15, -0.1) is 0 Å². The molecule has 2 nitrogen and oxygen atoms in total. The first-order chi connectivity index (χ1) is 8.78. The van der Waals surface area contributed by atoms with Crippen LogP contribution in [0, 0.1) is 11.3 Å². The zero-order valence-electron chi connectivity index (χ0n) is 11.4. The molecule has 1 unspecified atom stereocenters. The van der Waals surface area contributed by atoms with Crippen molar-refractivity contribution in [3.05, 3.63) is 34.9 Å². The van der Waals surface area contributed by atoms with Crippen molar-refractivity contribution in [2.24, 2.45) is 0 Å². The molecule has 96 valence electrons. The van der Waals surface area contributed by atoms with Gasteiger partial charge in [0.15, 0.2) is 0 Å². The molecule has 0 heterocycles. The van der Waals surface area contributed by atoms with Crippen molar-refractivity contribution >= 4 is 0 Å². The summed E-state index contributed by atoms with van der Waals surface area (Å²) in [6.45, 7) is 6.88. The van der Waals surface area contributed by atoms with Crippen LogP contribution >= 0.6 is 0 Å². The van der Waals surface area contributed by atoms with E-state index < -0.39 is 0 Å². The fraction of sp³-hybridized carbons (Fsp3) is 0.562. The highest BCUT2D eigenvalue weighted by Crippen LogP contribution is 2.26. The minimum Gasteiger partial charge on any atom is -0.300 e. The van der Waals surface area contributed by atoms with Crippen molar-refractivity contribution in [3.8, 4) is 6.07 Å². The smallest absolute Gasteiger partial charge is 0.0991 e. The topological polar surface area (TPSA) is 27.0 Å². The summed E-state index contributed by atoms with van der Waals surface area (Å²) in [5, 5.41) is 8.95. The van der Waals surface area contributed by atoms with Crippen LogP contribution < -0.4 is 0 Å². The number of nitrogens with zero attached hydrogens (tertiary/aromatic N) is 2. The zero-order chi connectivity index (χ0) is 13.0. The van der Waals surface area contributed by atoms with Crippen molar-refractivity contribution in [3.63, 3.8) is 0 Å². The van der Waals surface area contributed by atoms with Gasteiger partial charge in [-0.3, -0.25) is 4.90 Å². The van der Waals surface area contributed by atoms with Gasteiger partial charge in [0, 0.05) is 6.04 Å². The van der Waals surface area contributed by atoms with Crippen molar-refractivity contribution < 1.29 is 0 Å². The Labute approximate surface area is 110 Å². The lowest BCUT2D eigenvalue weighted by Crippen LogP contribution is -2.37. The Morgan fingerprint density at radius 3 is 2.44 bits per heavy atom. The lowest BCUT2D eigenvalue weighted by molar-refractivity contribution is 0.202. The third-order valence-corrected chi connectivity index (χ3v) is 3.78. The van der Waals surface area contributed by atoms with E-state index in [1.54, 1.807) is 0 Å². The van der Waals surface area contributed by atoms with E-state index in [9.17, 15) is 0 Å². The van der Waals surface area contributed by atoms with Gasteiger partial charge in [-0.05, 0) is 62.0 Å². The van der Waals surface area contributed by atoms with E-state index in [2.05, 4.69) is 36.9 Å². The van der Waals surface area contributed by atoms with Gasteiger partial charge in [0.05, 0.1) is 11.6 Å². The predicted octanol–water partition coefficient (Wildman–Crippen LogP) is 3.15. The fourth-order valence-electron chi connectivity index (χ4n) is 2.97. The molecule has 0 amide bonds. The Hall–Kier alpha value is -1.33. The SMILES string of the molecule is CCCN(CCC)C1Cc2ccc(C#N)cc2C1. The number of nitriles is 1. The molecule has 2 heteroatoms. The minimum absolute atomic E-state index is 0.647. The van der Waals surface area contributed by atoms with E-state index in [0.717, 1.165) is 18.4 Å². The zero-order valence-corrected chi connectivity index (χ0v) is 11.4. The molecular formula is C16H22N2. The van der Waals surface area contributed by atoms with Gasteiger partial charge in [-0.25, -0.2) is 0 Å². The molecule has 2 rings (SSSR count).